The summed E-state index contributed by atoms with van der Waals surface area (Å²) in [7, 11) is 2.12. The van der Waals surface area contributed by atoms with Gasteiger partial charge < -0.3 is 0 Å². The third kappa shape index (κ3) is 2.33. The van der Waals surface area contributed by atoms with Gasteiger partial charge in [0.25, 0.3) is 5.01 Å². The van der Waals surface area contributed by atoms with Crippen LogP contribution in [0, 0.1) is 13.8 Å². The zero-order valence-corrected chi connectivity index (χ0v) is 15.0. The van der Waals surface area contributed by atoms with E-state index in [0.717, 1.165) is 0 Å². The molecule has 2 aromatic heterocycles. The van der Waals surface area contributed by atoms with Crippen LogP contribution >= 0.6 is 11.3 Å². The normalized spacial score (nSPS) is 11.1. The van der Waals surface area contributed by atoms with Crippen molar-refractivity contribution in [3.63, 3.8) is 0 Å². The summed E-state index contributed by atoms with van der Waals surface area (Å²) in [5.74, 6) is 0. The summed E-state index contributed by atoms with van der Waals surface area (Å²) in [5, 5.41) is 6.03. The number of aryl methyl sites for hydroxylation is 2. The standard InChI is InChI=1S/C21H20N2S/c1-15-8-6-7-11-23(15)19-14-17-9-4-5-10-18(17)20(16(19)2)21-22(3)12-13-24-21/h4-14H,1-3H3/q+2. The van der Waals surface area contributed by atoms with Gasteiger partial charge in [-0.05, 0) is 17.7 Å². The fourth-order valence-corrected chi connectivity index (χ4v) is 4.31. The number of thiazole rings is 1. The maximum atomic E-state index is 2.30. The quantitative estimate of drug-likeness (QED) is 0.484. The van der Waals surface area contributed by atoms with Gasteiger partial charge in [-0.25, -0.2) is 0 Å². The van der Waals surface area contributed by atoms with Gasteiger partial charge in [0.1, 0.15) is 7.05 Å². The van der Waals surface area contributed by atoms with Crippen molar-refractivity contribution in [3.05, 3.63) is 77.6 Å². The van der Waals surface area contributed by atoms with Gasteiger partial charge in [-0.2, -0.15) is 9.13 Å². The van der Waals surface area contributed by atoms with Crippen LogP contribution in [-0.2, 0) is 7.05 Å². The van der Waals surface area contributed by atoms with Gasteiger partial charge >= 0.3 is 0 Å². The highest BCUT2D eigenvalue weighted by Gasteiger charge is 2.24. The third-order valence-corrected chi connectivity index (χ3v) is 5.58. The maximum Gasteiger partial charge on any atom is 0.269 e. The summed E-state index contributed by atoms with van der Waals surface area (Å²) in [6.07, 6.45) is 4.27. The summed E-state index contributed by atoms with van der Waals surface area (Å²) < 4.78 is 4.49. The molecule has 0 aliphatic carbocycles. The lowest BCUT2D eigenvalue weighted by Gasteiger charge is -2.10. The molecule has 4 aromatic rings. The minimum absolute atomic E-state index is 1.23. The second-order valence-electron chi connectivity index (χ2n) is 6.15. The molecule has 0 spiro atoms. The van der Waals surface area contributed by atoms with Gasteiger partial charge in [0, 0.05) is 30.7 Å². The molecule has 2 nitrogen and oxygen atoms in total. The third-order valence-electron chi connectivity index (χ3n) is 4.60. The molecule has 0 atom stereocenters. The van der Waals surface area contributed by atoms with E-state index >= 15 is 0 Å². The van der Waals surface area contributed by atoms with Gasteiger partial charge in [0.05, 0.1) is 10.9 Å². The zero-order chi connectivity index (χ0) is 16.7. The fourth-order valence-electron chi connectivity index (χ4n) is 3.33. The van der Waals surface area contributed by atoms with Crippen molar-refractivity contribution >= 4 is 22.1 Å². The first-order valence-electron chi connectivity index (χ1n) is 8.10. The maximum absolute atomic E-state index is 2.30. The number of pyridine rings is 1. The highest BCUT2D eigenvalue weighted by Crippen LogP contribution is 2.34. The molecule has 0 aliphatic heterocycles. The summed E-state index contributed by atoms with van der Waals surface area (Å²) in [4.78, 5) is 0. The molecular weight excluding hydrogens is 312 g/mol. The molecule has 118 valence electrons. The van der Waals surface area contributed by atoms with Crippen molar-refractivity contribution in [3.8, 4) is 16.3 Å². The van der Waals surface area contributed by atoms with Crippen LogP contribution in [0.3, 0.4) is 0 Å². The van der Waals surface area contributed by atoms with Crippen LogP contribution < -0.4 is 9.13 Å². The van der Waals surface area contributed by atoms with E-state index in [1.54, 1.807) is 11.3 Å². The van der Waals surface area contributed by atoms with Crippen LogP contribution in [0.2, 0.25) is 0 Å². The van der Waals surface area contributed by atoms with E-state index in [1.165, 1.54) is 38.3 Å². The predicted octanol–water partition coefficient (Wildman–Crippen LogP) is 4.29. The molecule has 0 amide bonds. The Labute approximate surface area is 146 Å². The monoisotopic (exact) mass is 332 g/mol. The number of rotatable bonds is 2. The zero-order valence-electron chi connectivity index (χ0n) is 14.2. The lowest BCUT2D eigenvalue weighted by atomic mass is 9.97. The molecule has 0 bridgehead atoms. The molecule has 0 N–H and O–H groups in total. The Balaban J connectivity index is 2.13. The van der Waals surface area contributed by atoms with E-state index in [2.05, 4.69) is 96.3 Å². The molecule has 0 saturated heterocycles. The number of fused-ring (bicyclic) bond motifs is 1. The van der Waals surface area contributed by atoms with Gasteiger partial charge in [-0.1, -0.05) is 41.7 Å². The van der Waals surface area contributed by atoms with Crippen molar-refractivity contribution in [1.29, 1.82) is 0 Å². The topological polar surface area (TPSA) is 7.76 Å². The Morgan fingerprint density at radius 1 is 0.917 bits per heavy atom. The fraction of sp³-hybridized carbons (Fsp3) is 0.143. The van der Waals surface area contributed by atoms with E-state index in [-0.39, 0.29) is 0 Å². The molecule has 24 heavy (non-hydrogen) atoms. The van der Waals surface area contributed by atoms with Crippen molar-refractivity contribution in [2.45, 2.75) is 13.8 Å². The second-order valence-corrected chi connectivity index (χ2v) is 7.04. The molecule has 0 saturated carbocycles. The lowest BCUT2D eigenvalue weighted by molar-refractivity contribution is -0.655. The van der Waals surface area contributed by atoms with E-state index < -0.39 is 0 Å². The van der Waals surface area contributed by atoms with Crippen LogP contribution in [0.15, 0.2) is 66.3 Å². The molecule has 0 radical (unpaired) electrons. The minimum atomic E-state index is 1.23. The second kappa shape index (κ2) is 5.84. The Hall–Kier alpha value is -2.52. The first-order valence-corrected chi connectivity index (χ1v) is 8.98. The highest BCUT2D eigenvalue weighted by atomic mass is 32.1. The number of nitrogens with zero attached hydrogens (tertiary/aromatic N) is 2. The molecule has 3 heteroatoms. The number of benzene rings is 2. The summed E-state index contributed by atoms with van der Waals surface area (Å²) in [6.45, 7) is 4.38. The highest BCUT2D eigenvalue weighted by molar-refractivity contribution is 7.12. The number of hydrogen-bond donors (Lipinski definition) is 0. The largest absolute Gasteiger partial charge is 0.269 e. The first-order chi connectivity index (χ1) is 11.7. The molecule has 0 fully saturated rings. The molecule has 4 rings (SSSR count). The average Bonchev–Trinajstić information content (AvgIpc) is 3.01. The Morgan fingerprint density at radius 2 is 1.71 bits per heavy atom. The first kappa shape index (κ1) is 15.0. The summed E-state index contributed by atoms with van der Waals surface area (Å²) >= 11 is 1.79. The van der Waals surface area contributed by atoms with Crippen LogP contribution in [0.5, 0.6) is 0 Å². The minimum Gasteiger partial charge on any atom is -0.191 e. The Kier molecular flexibility index (Phi) is 3.66. The predicted molar refractivity (Wildman–Crippen MR) is 99.4 cm³/mol. The van der Waals surface area contributed by atoms with E-state index in [9.17, 15) is 0 Å². The molecule has 2 aromatic carbocycles. The van der Waals surface area contributed by atoms with Gasteiger partial charge in [-0.15, -0.1) is 0 Å². The van der Waals surface area contributed by atoms with Crippen LogP contribution in [0.25, 0.3) is 27.0 Å². The van der Waals surface area contributed by atoms with E-state index in [0.29, 0.717) is 0 Å². The van der Waals surface area contributed by atoms with E-state index in [1.807, 2.05) is 0 Å². The Morgan fingerprint density at radius 3 is 2.46 bits per heavy atom. The number of hydrogen-bond acceptors (Lipinski definition) is 1. The van der Waals surface area contributed by atoms with Crippen molar-refractivity contribution in [1.82, 2.24) is 0 Å². The van der Waals surface area contributed by atoms with Gasteiger partial charge in [-0.3, -0.25) is 0 Å². The SMILES string of the molecule is Cc1c(-[n+]2ccccc2C)cc2ccccc2c1-c1scc[n+]1C. The van der Waals surface area contributed by atoms with Crippen molar-refractivity contribution in [2.24, 2.45) is 7.05 Å². The smallest absolute Gasteiger partial charge is 0.191 e. The van der Waals surface area contributed by atoms with Crippen LogP contribution in [-0.4, -0.2) is 0 Å². The number of aromatic nitrogens is 2. The van der Waals surface area contributed by atoms with Crippen LogP contribution in [0.1, 0.15) is 11.3 Å². The average molecular weight is 332 g/mol. The van der Waals surface area contributed by atoms with Gasteiger partial charge in [0.15, 0.2) is 18.1 Å². The van der Waals surface area contributed by atoms with E-state index in [4.69, 9.17) is 0 Å². The van der Waals surface area contributed by atoms with Crippen LogP contribution in [0.4, 0.5) is 0 Å². The molecule has 0 unspecified atom stereocenters. The lowest BCUT2D eigenvalue weighted by Crippen LogP contribution is -2.35. The molecule has 2 heterocycles. The summed E-state index contributed by atoms with van der Waals surface area (Å²) in [5.41, 5.74) is 5.12. The molecular formula is C21H20N2S+2. The van der Waals surface area contributed by atoms with Gasteiger partial charge in [0.2, 0.25) is 5.69 Å². The Bertz CT molecular complexity index is 1050. The van der Waals surface area contributed by atoms with Crippen molar-refractivity contribution in [2.75, 3.05) is 0 Å². The summed E-state index contributed by atoms with van der Waals surface area (Å²) in [6, 6.07) is 17.3. The molecule has 0 aliphatic rings. The van der Waals surface area contributed by atoms with Crippen molar-refractivity contribution < 1.29 is 9.13 Å².